The Bertz CT molecular complexity index is 887. The summed E-state index contributed by atoms with van der Waals surface area (Å²) < 4.78 is 0. The number of hydrogen-bond acceptors (Lipinski definition) is 5. The average molecular weight is 379 g/mol. The molecule has 6 nitrogen and oxygen atoms in total. The molecule has 1 fully saturated rings. The molecule has 1 aliphatic rings. The highest BCUT2D eigenvalue weighted by atomic mass is 16.6. The number of hydrogen-bond donors (Lipinski definition) is 1. The Hall–Kier alpha value is -3.15. The van der Waals surface area contributed by atoms with E-state index in [1.54, 1.807) is 7.05 Å². The molecule has 1 aliphatic carbocycles. The summed E-state index contributed by atoms with van der Waals surface area (Å²) in [6, 6.07) is 17.8. The molecular formula is C22H25N3O3. The van der Waals surface area contributed by atoms with Crippen LogP contribution in [0.2, 0.25) is 0 Å². The average Bonchev–Trinajstić information content (AvgIpc) is 3.55. The number of amides is 1. The Labute approximate surface area is 165 Å². The summed E-state index contributed by atoms with van der Waals surface area (Å²) in [7, 11) is 2.97. The van der Waals surface area contributed by atoms with Crippen LogP contribution in [0.5, 0.6) is 0 Å². The lowest BCUT2D eigenvalue weighted by atomic mass is 9.92. The molecule has 0 unspecified atom stereocenters. The quantitative estimate of drug-likeness (QED) is 0.564. The maximum atomic E-state index is 12.1. The Balaban J connectivity index is 1.76. The minimum atomic E-state index is -0.324. The standard InChI is InChI=1S/C22H25N3O3/c1-16(22(13-14-22)18-10-5-4-6-11-18)24-28-15-17-9-7-8-12-19(17)20(25-27-3)21(26)23-2/h4-12H,13-15H2,1-3H3,(H,23,26)/b24-16?,25-20+. The van der Waals surface area contributed by atoms with Gasteiger partial charge in [0.25, 0.3) is 5.91 Å². The number of oxime groups is 2. The van der Waals surface area contributed by atoms with Crippen LogP contribution in [0, 0.1) is 0 Å². The minimum absolute atomic E-state index is 0.00839. The zero-order valence-corrected chi connectivity index (χ0v) is 16.4. The summed E-state index contributed by atoms with van der Waals surface area (Å²) in [5, 5.41) is 10.8. The predicted octanol–water partition coefficient (Wildman–Crippen LogP) is 3.41. The molecule has 0 spiro atoms. The number of nitrogens with one attached hydrogen (secondary N) is 1. The van der Waals surface area contributed by atoms with E-state index in [1.165, 1.54) is 12.7 Å². The first-order valence-corrected chi connectivity index (χ1v) is 9.26. The Morgan fingerprint density at radius 1 is 1.07 bits per heavy atom. The van der Waals surface area contributed by atoms with Crippen molar-refractivity contribution in [1.29, 1.82) is 0 Å². The van der Waals surface area contributed by atoms with Crippen molar-refractivity contribution in [2.75, 3.05) is 14.2 Å². The number of benzene rings is 2. The molecule has 1 amide bonds. The summed E-state index contributed by atoms with van der Waals surface area (Å²) >= 11 is 0. The van der Waals surface area contributed by atoms with Crippen molar-refractivity contribution in [1.82, 2.24) is 5.32 Å². The molecule has 0 bridgehead atoms. The molecule has 0 aliphatic heterocycles. The second-order valence-corrected chi connectivity index (χ2v) is 6.76. The second-order valence-electron chi connectivity index (χ2n) is 6.76. The third-order valence-electron chi connectivity index (χ3n) is 5.09. The molecule has 1 saturated carbocycles. The molecule has 0 atom stereocenters. The predicted molar refractivity (Wildman–Crippen MR) is 109 cm³/mol. The first-order chi connectivity index (χ1) is 13.6. The minimum Gasteiger partial charge on any atom is -0.398 e. The summed E-state index contributed by atoms with van der Waals surface area (Å²) in [4.78, 5) is 22.7. The SMILES string of the molecule is CNC(=O)/C(=N/OC)c1ccccc1CON=C(C)C1(c2ccccc2)CC1. The van der Waals surface area contributed by atoms with Crippen LogP contribution in [0.15, 0.2) is 64.9 Å². The van der Waals surface area contributed by atoms with Gasteiger partial charge in [0, 0.05) is 23.6 Å². The van der Waals surface area contributed by atoms with Gasteiger partial charge < -0.3 is 15.0 Å². The third-order valence-corrected chi connectivity index (χ3v) is 5.09. The first kappa shape index (κ1) is 19.6. The van der Waals surface area contributed by atoms with Crippen molar-refractivity contribution in [3.8, 4) is 0 Å². The summed E-state index contributed by atoms with van der Waals surface area (Å²) in [6.07, 6.45) is 2.15. The van der Waals surface area contributed by atoms with Gasteiger partial charge in [-0.3, -0.25) is 4.79 Å². The van der Waals surface area contributed by atoms with E-state index in [0.29, 0.717) is 5.56 Å². The molecule has 28 heavy (non-hydrogen) atoms. The smallest absolute Gasteiger partial charge is 0.273 e. The van der Waals surface area contributed by atoms with Gasteiger partial charge in [-0.05, 0) is 25.3 Å². The van der Waals surface area contributed by atoms with Crippen molar-refractivity contribution < 1.29 is 14.5 Å². The number of likely N-dealkylation sites (N-methyl/N-ethyl adjacent to an activating group) is 1. The molecule has 0 aromatic heterocycles. The van der Waals surface area contributed by atoms with Crippen LogP contribution in [-0.4, -0.2) is 31.5 Å². The molecule has 2 aromatic carbocycles. The van der Waals surface area contributed by atoms with Crippen molar-refractivity contribution in [3.05, 3.63) is 71.3 Å². The number of nitrogens with zero attached hydrogens (tertiary/aromatic N) is 2. The van der Waals surface area contributed by atoms with Crippen LogP contribution in [-0.2, 0) is 26.5 Å². The molecule has 1 N–H and O–H groups in total. The molecule has 146 valence electrons. The fraction of sp³-hybridized carbons (Fsp3) is 0.318. The zero-order chi connectivity index (χ0) is 20.0. The van der Waals surface area contributed by atoms with Crippen LogP contribution < -0.4 is 5.32 Å². The van der Waals surface area contributed by atoms with Gasteiger partial charge in [0.15, 0.2) is 5.71 Å². The van der Waals surface area contributed by atoms with E-state index in [1.807, 2.05) is 37.3 Å². The van der Waals surface area contributed by atoms with Crippen LogP contribution in [0.25, 0.3) is 0 Å². The van der Waals surface area contributed by atoms with Crippen LogP contribution in [0.4, 0.5) is 0 Å². The topological polar surface area (TPSA) is 72.3 Å². The molecule has 6 heteroatoms. The second kappa shape index (κ2) is 8.69. The lowest BCUT2D eigenvalue weighted by molar-refractivity contribution is -0.114. The van der Waals surface area contributed by atoms with Crippen molar-refractivity contribution in [2.45, 2.75) is 31.8 Å². The molecule has 2 aromatic rings. The van der Waals surface area contributed by atoms with E-state index >= 15 is 0 Å². The molecule has 3 rings (SSSR count). The highest BCUT2D eigenvalue weighted by molar-refractivity contribution is 6.45. The Morgan fingerprint density at radius 2 is 1.75 bits per heavy atom. The fourth-order valence-electron chi connectivity index (χ4n) is 3.33. The van der Waals surface area contributed by atoms with Gasteiger partial charge in [-0.25, -0.2) is 0 Å². The van der Waals surface area contributed by atoms with Gasteiger partial charge in [-0.15, -0.1) is 0 Å². The van der Waals surface area contributed by atoms with E-state index in [9.17, 15) is 4.79 Å². The molecule has 0 radical (unpaired) electrons. The van der Waals surface area contributed by atoms with E-state index < -0.39 is 0 Å². The van der Waals surface area contributed by atoms with E-state index in [-0.39, 0.29) is 23.6 Å². The van der Waals surface area contributed by atoms with Crippen LogP contribution >= 0.6 is 0 Å². The Morgan fingerprint density at radius 3 is 2.39 bits per heavy atom. The monoisotopic (exact) mass is 379 g/mol. The van der Waals surface area contributed by atoms with Crippen molar-refractivity contribution in [2.24, 2.45) is 10.3 Å². The highest BCUT2D eigenvalue weighted by Gasteiger charge is 2.47. The van der Waals surface area contributed by atoms with Crippen LogP contribution in [0.1, 0.15) is 36.5 Å². The number of carbonyl (C=O) groups is 1. The van der Waals surface area contributed by atoms with Gasteiger partial charge >= 0.3 is 0 Å². The summed E-state index contributed by atoms with van der Waals surface area (Å²) in [6.45, 7) is 2.24. The van der Waals surface area contributed by atoms with Gasteiger partial charge in [0.1, 0.15) is 13.7 Å². The molecular weight excluding hydrogens is 354 g/mol. The molecule has 0 saturated heterocycles. The third kappa shape index (κ3) is 4.06. The van der Waals surface area contributed by atoms with Gasteiger partial charge in [-0.1, -0.05) is 64.9 Å². The van der Waals surface area contributed by atoms with Crippen molar-refractivity contribution in [3.63, 3.8) is 0 Å². The Kier molecular flexibility index (Phi) is 6.09. The first-order valence-electron chi connectivity index (χ1n) is 9.26. The molecule has 0 heterocycles. The maximum Gasteiger partial charge on any atom is 0.273 e. The van der Waals surface area contributed by atoms with Gasteiger partial charge in [0.2, 0.25) is 0 Å². The normalized spacial score (nSPS) is 15.7. The van der Waals surface area contributed by atoms with Crippen molar-refractivity contribution >= 4 is 17.3 Å². The number of carbonyl (C=O) groups excluding carboxylic acids is 1. The maximum absolute atomic E-state index is 12.1. The van der Waals surface area contributed by atoms with Gasteiger partial charge in [-0.2, -0.15) is 0 Å². The summed E-state index contributed by atoms with van der Waals surface area (Å²) in [5.41, 5.74) is 3.89. The lowest BCUT2D eigenvalue weighted by Gasteiger charge is -2.15. The van der Waals surface area contributed by atoms with Gasteiger partial charge in [0.05, 0.1) is 5.71 Å². The largest absolute Gasteiger partial charge is 0.398 e. The highest BCUT2D eigenvalue weighted by Crippen LogP contribution is 2.49. The summed E-state index contributed by atoms with van der Waals surface area (Å²) in [5.74, 6) is -0.324. The van der Waals surface area contributed by atoms with Crippen LogP contribution in [0.3, 0.4) is 0 Å². The van der Waals surface area contributed by atoms with E-state index in [0.717, 1.165) is 24.1 Å². The lowest BCUT2D eigenvalue weighted by Crippen LogP contribution is -2.29. The zero-order valence-electron chi connectivity index (χ0n) is 16.4. The fourth-order valence-corrected chi connectivity index (χ4v) is 3.33. The van der Waals surface area contributed by atoms with E-state index in [2.05, 4.69) is 39.9 Å². The van der Waals surface area contributed by atoms with E-state index in [4.69, 9.17) is 9.68 Å². The number of rotatable bonds is 8.